The lowest BCUT2D eigenvalue weighted by Crippen LogP contribution is -2.26. The van der Waals surface area contributed by atoms with Crippen LogP contribution >= 0.6 is 15.8 Å². The van der Waals surface area contributed by atoms with Gasteiger partial charge in [-0.2, -0.15) is 0 Å². The Hall–Kier alpha value is -0.700. The van der Waals surface area contributed by atoms with Crippen molar-refractivity contribution in [3.8, 4) is 0 Å². The van der Waals surface area contributed by atoms with Gasteiger partial charge in [0.2, 0.25) is 0 Å². The Morgan fingerprint density at radius 3 is 1.35 bits per heavy atom. The van der Waals surface area contributed by atoms with Crippen molar-refractivity contribution in [1.82, 2.24) is 0 Å². The summed E-state index contributed by atoms with van der Waals surface area (Å²) in [7, 11) is -0.206. The van der Waals surface area contributed by atoms with Crippen LogP contribution in [0, 0.1) is 0 Å². The third-order valence-electron chi connectivity index (χ3n) is 4.77. The minimum atomic E-state index is -0.231. The van der Waals surface area contributed by atoms with E-state index in [4.69, 9.17) is 0 Å². The van der Waals surface area contributed by atoms with Crippen LogP contribution in [0.1, 0.15) is 54.4 Å². The molecule has 2 aromatic carbocycles. The molecule has 0 amide bonds. The van der Waals surface area contributed by atoms with Crippen LogP contribution < -0.4 is 10.6 Å². The Morgan fingerprint density at radius 2 is 0.962 bits per heavy atom. The highest BCUT2D eigenvalue weighted by atomic mass is 31.1. The van der Waals surface area contributed by atoms with Crippen LogP contribution in [0.25, 0.3) is 0 Å². The SMILES string of the molecule is CC(C)(C)P(CCCCP(c1ccccc1)c1ccccc1)C(C)(C)C. The van der Waals surface area contributed by atoms with Crippen molar-refractivity contribution in [2.45, 2.75) is 64.7 Å². The highest BCUT2D eigenvalue weighted by molar-refractivity contribution is 7.73. The minimum absolute atomic E-state index is 0.0251. The molecule has 142 valence electrons. The molecule has 0 saturated carbocycles. The molecule has 0 fully saturated rings. The first-order valence-corrected chi connectivity index (χ1v) is 12.9. The van der Waals surface area contributed by atoms with Gasteiger partial charge in [-0.3, -0.25) is 0 Å². The van der Waals surface area contributed by atoms with E-state index < -0.39 is 0 Å². The van der Waals surface area contributed by atoms with E-state index in [0.29, 0.717) is 10.3 Å². The van der Waals surface area contributed by atoms with Crippen molar-refractivity contribution >= 4 is 26.5 Å². The Bertz CT molecular complexity index is 582. The van der Waals surface area contributed by atoms with E-state index in [1.807, 2.05) is 0 Å². The van der Waals surface area contributed by atoms with Gasteiger partial charge in [-0.05, 0) is 54.0 Å². The zero-order chi connectivity index (χ0) is 19.2. The van der Waals surface area contributed by atoms with Crippen molar-refractivity contribution in [2.24, 2.45) is 0 Å². The van der Waals surface area contributed by atoms with E-state index in [9.17, 15) is 0 Å². The molecule has 2 heteroatoms. The van der Waals surface area contributed by atoms with Gasteiger partial charge >= 0.3 is 0 Å². The topological polar surface area (TPSA) is 0 Å². The first-order chi connectivity index (χ1) is 12.2. The molecule has 0 spiro atoms. The number of rotatable bonds is 7. The fourth-order valence-electron chi connectivity index (χ4n) is 3.84. The molecule has 0 nitrogen and oxygen atoms in total. The number of benzene rings is 2. The van der Waals surface area contributed by atoms with Crippen LogP contribution in [0.4, 0.5) is 0 Å². The molecule has 2 rings (SSSR count). The maximum Gasteiger partial charge on any atom is -0.0175 e. The standard InChI is InChI=1S/C24H36P2/c1-23(2,3)26(24(4,5)6)20-14-13-19-25(21-15-9-7-10-16-21)22-17-11-8-12-18-22/h7-12,15-18H,13-14,19-20H2,1-6H3. The van der Waals surface area contributed by atoms with E-state index in [2.05, 4.69) is 102 Å². The summed E-state index contributed by atoms with van der Waals surface area (Å²) in [5, 5.41) is 3.92. The second-order valence-corrected chi connectivity index (χ2v) is 15.3. The van der Waals surface area contributed by atoms with Crippen molar-refractivity contribution in [3.63, 3.8) is 0 Å². The lowest BCUT2D eigenvalue weighted by molar-refractivity contribution is 0.696. The van der Waals surface area contributed by atoms with Gasteiger partial charge in [-0.25, -0.2) is 0 Å². The quantitative estimate of drug-likeness (QED) is 0.356. The molecular weight excluding hydrogens is 350 g/mol. The van der Waals surface area contributed by atoms with Crippen LogP contribution in [0.5, 0.6) is 0 Å². The van der Waals surface area contributed by atoms with Gasteiger partial charge in [0.1, 0.15) is 0 Å². The fraction of sp³-hybridized carbons (Fsp3) is 0.500. The summed E-state index contributed by atoms with van der Waals surface area (Å²) >= 11 is 0. The maximum atomic E-state index is 2.44. The second kappa shape index (κ2) is 9.48. The number of hydrogen-bond donors (Lipinski definition) is 0. The van der Waals surface area contributed by atoms with Crippen LogP contribution in [0.15, 0.2) is 60.7 Å². The molecular formula is C24H36P2. The van der Waals surface area contributed by atoms with E-state index >= 15 is 0 Å². The third kappa shape index (κ3) is 6.48. The van der Waals surface area contributed by atoms with E-state index in [1.54, 1.807) is 0 Å². The van der Waals surface area contributed by atoms with Gasteiger partial charge < -0.3 is 0 Å². The molecule has 0 aliphatic rings. The van der Waals surface area contributed by atoms with Crippen LogP contribution in [0.2, 0.25) is 0 Å². The summed E-state index contributed by atoms with van der Waals surface area (Å²) in [6.45, 7) is 14.6. The van der Waals surface area contributed by atoms with E-state index in [0.717, 1.165) is 0 Å². The highest BCUT2D eigenvalue weighted by Crippen LogP contribution is 2.59. The third-order valence-corrected chi connectivity index (χ3v) is 11.4. The Balaban J connectivity index is 2.02. The van der Waals surface area contributed by atoms with Gasteiger partial charge in [0.25, 0.3) is 0 Å². The Morgan fingerprint density at radius 1 is 0.577 bits per heavy atom. The van der Waals surface area contributed by atoms with Gasteiger partial charge in [-0.15, -0.1) is 0 Å². The zero-order valence-electron chi connectivity index (χ0n) is 17.5. The summed E-state index contributed by atoms with van der Waals surface area (Å²) in [5.41, 5.74) is 0. The zero-order valence-corrected chi connectivity index (χ0v) is 19.3. The Kier molecular flexibility index (Phi) is 7.88. The van der Waals surface area contributed by atoms with Gasteiger partial charge in [0, 0.05) is 0 Å². The molecule has 0 aliphatic heterocycles. The molecule has 0 radical (unpaired) electrons. The molecule has 0 atom stereocenters. The number of hydrogen-bond acceptors (Lipinski definition) is 0. The lowest BCUT2D eigenvalue weighted by atomic mass is 10.2. The molecule has 0 saturated heterocycles. The maximum absolute atomic E-state index is 2.44. The van der Waals surface area contributed by atoms with Gasteiger partial charge in [0.05, 0.1) is 0 Å². The monoisotopic (exact) mass is 386 g/mol. The normalized spacial score (nSPS) is 12.8. The minimum Gasteiger partial charge on any atom is -0.0956 e. The summed E-state index contributed by atoms with van der Waals surface area (Å²) in [6, 6.07) is 22.3. The molecule has 0 unspecified atom stereocenters. The summed E-state index contributed by atoms with van der Waals surface area (Å²) in [5.74, 6) is 0. The fourth-order valence-corrected chi connectivity index (χ4v) is 10.2. The lowest BCUT2D eigenvalue weighted by Gasteiger charge is -2.41. The van der Waals surface area contributed by atoms with Crippen LogP contribution in [-0.2, 0) is 0 Å². The Labute approximate surface area is 164 Å². The summed E-state index contributed by atoms with van der Waals surface area (Å²) in [6.07, 6.45) is 5.40. The predicted molar refractivity (Wildman–Crippen MR) is 124 cm³/mol. The summed E-state index contributed by atoms with van der Waals surface area (Å²) < 4.78 is 0. The van der Waals surface area contributed by atoms with Crippen LogP contribution in [-0.4, -0.2) is 22.6 Å². The van der Waals surface area contributed by atoms with Crippen molar-refractivity contribution in [2.75, 3.05) is 12.3 Å². The predicted octanol–water partition coefficient (Wildman–Crippen LogP) is 6.98. The van der Waals surface area contributed by atoms with Crippen molar-refractivity contribution in [1.29, 1.82) is 0 Å². The molecule has 0 aromatic heterocycles. The van der Waals surface area contributed by atoms with Crippen molar-refractivity contribution < 1.29 is 0 Å². The van der Waals surface area contributed by atoms with Crippen molar-refractivity contribution in [3.05, 3.63) is 60.7 Å². The summed E-state index contributed by atoms with van der Waals surface area (Å²) in [4.78, 5) is 0. The second-order valence-electron chi connectivity index (χ2n) is 9.02. The first-order valence-electron chi connectivity index (χ1n) is 9.85. The van der Waals surface area contributed by atoms with E-state index in [-0.39, 0.29) is 15.8 Å². The number of unbranched alkanes of at least 4 members (excludes halogenated alkanes) is 1. The average molecular weight is 387 g/mol. The van der Waals surface area contributed by atoms with E-state index in [1.165, 1.54) is 35.8 Å². The van der Waals surface area contributed by atoms with Gasteiger partial charge in [-0.1, -0.05) is 110 Å². The first kappa shape index (κ1) is 21.6. The molecule has 0 heterocycles. The molecule has 0 aliphatic carbocycles. The average Bonchev–Trinajstić information content (AvgIpc) is 2.57. The molecule has 0 bridgehead atoms. The highest BCUT2D eigenvalue weighted by Gasteiger charge is 2.33. The molecule has 0 N–H and O–H groups in total. The largest absolute Gasteiger partial charge is 0.0956 e. The molecule has 2 aromatic rings. The molecule has 26 heavy (non-hydrogen) atoms. The van der Waals surface area contributed by atoms with Gasteiger partial charge in [0.15, 0.2) is 0 Å². The van der Waals surface area contributed by atoms with Crippen LogP contribution in [0.3, 0.4) is 0 Å². The smallest absolute Gasteiger partial charge is 0.0175 e.